The molecule has 2 aromatic rings. The molecule has 0 bridgehead atoms. The number of nitrogens with zero attached hydrogens (tertiary/aromatic N) is 2. The fourth-order valence-corrected chi connectivity index (χ4v) is 3.35. The zero-order chi connectivity index (χ0) is 29.4. The first kappa shape index (κ1) is 38.0. The van der Waals surface area contributed by atoms with Crippen LogP contribution < -0.4 is 10.2 Å². The van der Waals surface area contributed by atoms with Crippen LogP contribution >= 0.6 is 0 Å². The van der Waals surface area contributed by atoms with Gasteiger partial charge in [-0.05, 0) is 86.8 Å². The molecule has 2 rings (SSSR count). The Hall–Kier alpha value is -3.17. The fraction of sp³-hybridized carbons (Fsp3) is 0.467. The number of carbonyl (C=O) groups excluding carboxylic acids is 2. The molecule has 2 aromatic carbocycles. The third-order valence-corrected chi connectivity index (χ3v) is 5.89. The van der Waals surface area contributed by atoms with Crippen molar-refractivity contribution in [3.8, 4) is 11.5 Å². The molecule has 0 heterocycles. The first-order valence-electron chi connectivity index (χ1n) is 12.8. The summed E-state index contributed by atoms with van der Waals surface area (Å²) >= 11 is 0. The molecule has 217 valence electrons. The molecule has 1 radical (unpaired) electrons. The predicted octanol–water partition coefficient (Wildman–Crippen LogP) is 3.79. The average Bonchev–Trinajstić information content (AvgIpc) is 2.84. The van der Waals surface area contributed by atoms with Gasteiger partial charge in [-0.15, -0.1) is 0 Å². The molecule has 0 amide bonds. The van der Waals surface area contributed by atoms with Crippen LogP contribution in [0.15, 0.2) is 34.3 Å². The molecular formula is C30H42CoN2O6. The summed E-state index contributed by atoms with van der Waals surface area (Å²) in [5.41, 5.74) is 5.70. The van der Waals surface area contributed by atoms with Gasteiger partial charge in [-0.25, -0.2) is 0 Å². The van der Waals surface area contributed by atoms with Gasteiger partial charge in [-0.3, -0.25) is 9.98 Å². The Morgan fingerprint density at radius 3 is 1.31 bits per heavy atom. The Balaban J connectivity index is 0. The van der Waals surface area contributed by atoms with Gasteiger partial charge in [-0.1, -0.05) is 39.8 Å². The summed E-state index contributed by atoms with van der Waals surface area (Å²) in [6, 6.07) is 8.13. The number of aliphatic imine (C=N–C) groups is 2. The number of carboxylic acids is 2. The van der Waals surface area contributed by atoms with Crippen LogP contribution in [0, 0.1) is 13.8 Å². The van der Waals surface area contributed by atoms with E-state index in [1.807, 2.05) is 38.1 Å². The third kappa shape index (κ3) is 15.1. The maximum Gasteiger partial charge on any atom is 2.00 e. The number of benzene rings is 2. The molecule has 0 saturated heterocycles. The van der Waals surface area contributed by atoms with Crippen molar-refractivity contribution in [1.29, 1.82) is 0 Å². The summed E-state index contributed by atoms with van der Waals surface area (Å²) in [4.78, 5) is 26.7. The molecule has 2 unspecified atom stereocenters. The van der Waals surface area contributed by atoms with Crippen molar-refractivity contribution in [3.05, 3.63) is 57.6 Å². The van der Waals surface area contributed by atoms with E-state index in [2.05, 4.69) is 37.7 Å². The molecule has 0 aliphatic carbocycles. The first-order chi connectivity index (χ1) is 17.7. The van der Waals surface area contributed by atoms with E-state index >= 15 is 0 Å². The minimum absolute atomic E-state index is 0. The van der Waals surface area contributed by atoms with E-state index in [9.17, 15) is 10.2 Å². The van der Waals surface area contributed by atoms with Crippen molar-refractivity contribution < 1.29 is 46.8 Å². The SMILES string of the molecule is CC(=O)[O-].CC(=O)[O-].CCC(C)c1cc(C)c(O)c(C=NCCN=Cc2cc(C(C)CC)cc(C)c2O)c1.[Co+2]. The normalized spacial score (nSPS) is 12.0. The Bertz CT molecular complexity index is 1020. The van der Waals surface area contributed by atoms with E-state index in [-0.39, 0.29) is 28.3 Å². The number of aliphatic carboxylic acids is 2. The van der Waals surface area contributed by atoms with E-state index in [1.165, 1.54) is 11.1 Å². The summed E-state index contributed by atoms with van der Waals surface area (Å²) in [6.45, 7) is 15.5. The molecule has 39 heavy (non-hydrogen) atoms. The van der Waals surface area contributed by atoms with Crippen molar-refractivity contribution in [2.24, 2.45) is 9.98 Å². The monoisotopic (exact) mass is 585 g/mol. The molecule has 9 heteroatoms. The number of carbonyl (C=O) groups is 2. The number of carboxylic acid groups (broad SMARTS) is 2. The quantitative estimate of drug-likeness (QED) is 0.338. The molecule has 0 fully saturated rings. The van der Waals surface area contributed by atoms with Crippen LogP contribution in [0.25, 0.3) is 0 Å². The minimum Gasteiger partial charge on any atom is -0.550 e. The van der Waals surface area contributed by atoms with Gasteiger partial charge >= 0.3 is 16.8 Å². The summed E-state index contributed by atoms with van der Waals surface area (Å²) in [5, 5.41) is 38.4. The van der Waals surface area contributed by atoms with E-state index in [0.717, 1.165) is 48.9 Å². The van der Waals surface area contributed by atoms with E-state index in [1.54, 1.807) is 12.4 Å². The van der Waals surface area contributed by atoms with Crippen molar-refractivity contribution in [3.63, 3.8) is 0 Å². The van der Waals surface area contributed by atoms with Gasteiger partial charge in [-0.2, -0.15) is 0 Å². The van der Waals surface area contributed by atoms with Crippen LogP contribution in [0.2, 0.25) is 0 Å². The van der Waals surface area contributed by atoms with Crippen LogP contribution in [0.4, 0.5) is 0 Å². The van der Waals surface area contributed by atoms with E-state index < -0.39 is 11.9 Å². The fourth-order valence-electron chi connectivity index (χ4n) is 3.35. The van der Waals surface area contributed by atoms with Crippen molar-refractivity contribution in [2.45, 2.75) is 80.1 Å². The molecule has 8 nitrogen and oxygen atoms in total. The number of hydrogen-bond donors (Lipinski definition) is 2. The van der Waals surface area contributed by atoms with Crippen LogP contribution in [-0.2, 0) is 26.4 Å². The van der Waals surface area contributed by atoms with Gasteiger partial charge in [0.1, 0.15) is 11.5 Å². The Morgan fingerprint density at radius 2 is 1.05 bits per heavy atom. The number of hydrogen-bond acceptors (Lipinski definition) is 8. The second-order valence-corrected chi connectivity index (χ2v) is 9.22. The van der Waals surface area contributed by atoms with Gasteiger partial charge in [0.05, 0.1) is 13.1 Å². The summed E-state index contributed by atoms with van der Waals surface area (Å²) in [7, 11) is 0. The van der Waals surface area contributed by atoms with Gasteiger partial charge < -0.3 is 30.0 Å². The number of rotatable bonds is 9. The second kappa shape index (κ2) is 19.8. The summed E-state index contributed by atoms with van der Waals surface area (Å²) in [5.74, 6) is -0.695. The molecule has 0 aliphatic rings. The zero-order valence-corrected chi connectivity index (χ0v) is 25.2. The average molecular weight is 586 g/mol. The standard InChI is InChI=1S/C26H36N2O2.2C2H4O2.Co/c1-7-17(3)21-11-19(5)25(29)23(13-21)15-27-9-10-28-16-24-14-22(18(4)8-2)12-20(6)26(24)30;2*1-2(3)4;/h11-18,29-30H,7-10H2,1-6H3;2*1H3,(H,3,4);/q;;;+2/p-2. The van der Waals surface area contributed by atoms with Crippen molar-refractivity contribution in [1.82, 2.24) is 0 Å². The maximum absolute atomic E-state index is 10.3. The molecule has 0 spiro atoms. The van der Waals surface area contributed by atoms with Gasteiger partial charge in [0.2, 0.25) is 0 Å². The number of phenolic OH excluding ortho intramolecular Hbond substituents is 2. The number of aryl methyl sites for hydroxylation is 2. The molecular weight excluding hydrogens is 543 g/mol. The van der Waals surface area contributed by atoms with Crippen LogP contribution in [-0.4, -0.2) is 47.7 Å². The van der Waals surface area contributed by atoms with Crippen molar-refractivity contribution in [2.75, 3.05) is 13.1 Å². The van der Waals surface area contributed by atoms with Crippen LogP contribution in [0.3, 0.4) is 0 Å². The topological polar surface area (TPSA) is 145 Å². The second-order valence-electron chi connectivity index (χ2n) is 9.22. The molecule has 0 saturated carbocycles. The molecule has 0 aromatic heterocycles. The number of phenols is 2. The largest absolute Gasteiger partial charge is 2.00 e. The smallest absolute Gasteiger partial charge is 0.550 e. The molecule has 2 atom stereocenters. The van der Waals surface area contributed by atoms with Crippen LogP contribution in [0.1, 0.15) is 99.6 Å². The summed E-state index contributed by atoms with van der Waals surface area (Å²) in [6.07, 6.45) is 5.57. The van der Waals surface area contributed by atoms with E-state index in [4.69, 9.17) is 19.8 Å². The zero-order valence-electron chi connectivity index (χ0n) is 24.2. The minimum atomic E-state index is -1.08. The van der Waals surface area contributed by atoms with Gasteiger partial charge in [0.25, 0.3) is 0 Å². The number of aromatic hydroxyl groups is 2. The Kier molecular flexibility index (Phi) is 19.3. The van der Waals surface area contributed by atoms with Crippen molar-refractivity contribution >= 4 is 24.4 Å². The van der Waals surface area contributed by atoms with Gasteiger partial charge in [0, 0.05) is 35.5 Å². The first-order valence-corrected chi connectivity index (χ1v) is 12.8. The molecule has 0 aliphatic heterocycles. The third-order valence-electron chi connectivity index (χ3n) is 5.89. The summed E-state index contributed by atoms with van der Waals surface area (Å²) < 4.78 is 0. The Morgan fingerprint density at radius 1 is 0.769 bits per heavy atom. The van der Waals surface area contributed by atoms with Gasteiger partial charge in [0.15, 0.2) is 0 Å². The van der Waals surface area contributed by atoms with Crippen LogP contribution in [0.5, 0.6) is 11.5 Å². The van der Waals surface area contributed by atoms with E-state index in [0.29, 0.717) is 24.9 Å². The Labute approximate surface area is 243 Å². The maximum atomic E-state index is 10.3. The predicted molar refractivity (Wildman–Crippen MR) is 149 cm³/mol. The molecule has 2 N–H and O–H groups in total.